The Morgan fingerprint density at radius 1 is 1.43 bits per heavy atom. The van der Waals surface area contributed by atoms with Crippen molar-refractivity contribution < 1.29 is 9.90 Å². The first-order valence-electron chi connectivity index (χ1n) is 3.99. The molecule has 0 unspecified atom stereocenters. The fourth-order valence-corrected chi connectivity index (χ4v) is 1.81. The Labute approximate surface area is 84.7 Å². The molecule has 4 heteroatoms. The van der Waals surface area contributed by atoms with E-state index < -0.39 is 0 Å². The number of aldehydes is 1. The summed E-state index contributed by atoms with van der Waals surface area (Å²) in [6.07, 6.45) is 2.20. The van der Waals surface area contributed by atoms with Gasteiger partial charge in [-0.15, -0.1) is 11.3 Å². The number of carbonyl (C=O) groups excluding carboxylic acids is 1. The molecular formula is C10H7NO2S. The summed E-state index contributed by atoms with van der Waals surface area (Å²) >= 11 is 1.38. The maximum atomic E-state index is 10.5. The van der Waals surface area contributed by atoms with Crippen molar-refractivity contribution in [2.75, 3.05) is 0 Å². The molecule has 0 amide bonds. The number of pyridine rings is 1. The Kier molecular flexibility index (Phi) is 2.28. The van der Waals surface area contributed by atoms with Crippen molar-refractivity contribution in [1.82, 2.24) is 4.98 Å². The second-order valence-corrected chi connectivity index (χ2v) is 3.70. The molecule has 14 heavy (non-hydrogen) atoms. The number of carbonyl (C=O) groups is 1. The van der Waals surface area contributed by atoms with E-state index in [0.717, 1.165) is 17.5 Å². The second-order valence-electron chi connectivity index (χ2n) is 2.76. The van der Waals surface area contributed by atoms with Crippen LogP contribution in [0.1, 0.15) is 9.67 Å². The lowest BCUT2D eigenvalue weighted by Gasteiger charge is -1.95. The highest BCUT2D eigenvalue weighted by Crippen LogP contribution is 2.23. The average molecular weight is 205 g/mol. The van der Waals surface area contributed by atoms with Crippen LogP contribution in [0.15, 0.2) is 29.8 Å². The summed E-state index contributed by atoms with van der Waals surface area (Å²) < 4.78 is 0. The summed E-state index contributed by atoms with van der Waals surface area (Å²) in [7, 11) is 0. The van der Waals surface area contributed by atoms with Gasteiger partial charge in [-0.25, -0.2) is 0 Å². The van der Waals surface area contributed by atoms with E-state index in [4.69, 9.17) is 5.11 Å². The lowest BCUT2D eigenvalue weighted by atomic mass is 10.2. The molecule has 0 aliphatic carbocycles. The van der Waals surface area contributed by atoms with Crippen LogP contribution >= 0.6 is 11.3 Å². The molecule has 2 rings (SSSR count). The maximum absolute atomic E-state index is 10.5. The summed E-state index contributed by atoms with van der Waals surface area (Å²) in [5.74, 6) is 0.139. The molecule has 2 aromatic rings. The van der Waals surface area contributed by atoms with E-state index in [2.05, 4.69) is 4.98 Å². The van der Waals surface area contributed by atoms with Crippen LogP contribution in [0.2, 0.25) is 0 Å². The minimum Gasteiger partial charge on any atom is -0.506 e. The lowest BCUT2D eigenvalue weighted by Crippen LogP contribution is -1.79. The van der Waals surface area contributed by atoms with E-state index in [1.165, 1.54) is 17.5 Å². The topological polar surface area (TPSA) is 50.2 Å². The van der Waals surface area contributed by atoms with Crippen LogP contribution < -0.4 is 0 Å². The van der Waals surface area contributed by atoms with E-state index in [1.54, 1.807) is 18.2 Å². The summed E-state index contributed by atoms with van der Waals surface area (Å²) in [5, 5.41) is 10.9. The number of hydrogen-bond acceptors (Lipinski definition) is 4. The molecule has 0 radical (unpaired) electrons. The molecule has 2 heterocycles. The average Bonchev–Trinajstić information content (AvgIpc) is 2.67. The van der Waals surface area contributed by atoms with E-state index in [9.17, 15) is 4.79 Å². The van der Waals surface area contributed by atoms with Crippen molar-refractivity contribution in [2.24, 2.45) is 0 Å². The highest BCUT2D eigenvalue weighted by atomic mass is 32.1. The number of nitrogens with zero attached hydrogens (tertiary/aromatic N) is 1. The second kappa shape index (κ2) is 3.59. The first-order chi connectivity index (χ1) is 6.79. The zero-order valence-electron chi connectivity index (χ0n) is 7.18. The van der Waals surface area contributed by atoms with Crippen molar-refractivity contribution in [1.29, 1.82) is 0 Å². The van der Waals surface area contributed by atoms with Gasteiger partial charge in [0.25, 0.3) is 0 Å². The van der Waals surface area contributed by atoms with Crippen molar-refractivity contribution in [3.63, 3.8) is 0 Å². The SMILES string of the molecule is O=Cc1cc(-c2ccc(O)cn2)cs1. The van der Waals surface area contributed by atoms with Crippen molar-refractivity contribution in [3.8, 4) is 17.0 Å². The Balaban J connectivity index is 2.39. The van der Waals surface area contributed by atoms with Gasteiger partial charge in [0.05, 0.1) is 16.8 Å². The van der Waals surface area contributed by atoms with Gasteiger partial charge in [0.15, 0.2) is 6.29 Å². The number of aromatic hydroxyl groups is 1. The maximum Gasteiger partial charge on any atom is 0.160 e. The van der Waals surface area contributed by atoms with E-state index >= 15 is 0 Å². The number of hydrogen-bond donors (Lipinski definition) is 1. The third-order valence-electron chi connectivity index (χ3n) is 1.78. The van der Waals surface area contributed by atoms with Gasteiger partial charge in [-0.1, -0.05) is 0 Å². The summed E-state index contributed by atoms with van der Waals surface area (Å²) in [6.45, 7) is 0. The fraction of sp³-hybridized carbons (Fsp3) is 0. The van der Waals surface area contributed by atoms with Crippen LogP contribution in [0.4, 0.5) is 0 Å². The molecule has 0 saturated heterocycles. The molecule has 0 atom stereocenters. The fourth-order valence-electron chi connectivity index (χ4n) is 1.11. The normalized spacial score (nSPS) is 10.0. The molecule has 0 aliphatic rings. The third-order valence-corrected chi connectivity index (χ3v) is 2.64. The minimum atomic E-state index is 0.139. The van der Waals surface area contributed by atoms with Gasteiger partial charge in [0, 0.05) is 10.9 Å². The molecule has 0 saturated carbocycles. The zero-order chi connectivity index (χ0) is 9.97. The molecule has 0 aliphatic heterocycles. The van der Waals surface area contributed by atoms with E-state index in [0.29, 0.717) is 4.88 Å². The van der Waals surface area contributed by atoms with Gasteiger partial charge < -0.3 is 5.11 Å². The quantitative estimate of drug-likeness (QED) is 0.765. The monoisotopic (exact) mass is 205 g/mol. The smallest absolute Gasteiger partial charge is 0.160 e. The highest BCUT2D eigenvalue weighted by molar-refractivity contribution is 7.12. The Morgan fingerprint density at radius 3 is 2.86 bits per heavy atom. The Bertz CT molecular complexity index is 447. The van der Waals surface area contributed by atoms with Crippen LogP contribution in [0.5, 0.6) is 5.75 Å². The summed E-state index contributed by atoms with van der Waals surface area (Å²) in [4.78, 5) is 15.2. The first-order valence-corrected chi connectivity index (χ1v) is 4.86. The minimum absolute atomic E-state index is 0.139. The van der Waals surface area contributed by atoms with Gasteiger partial charge in [-0.2, -0.15) is 0 Å². The van der Waals surface area contributed by atoms with Gasteiger partial charge in [0.2, 0.25) is 0 Å². The van der Waals surface area contributed by atoms with E-state index in [-0.39, 0.29) is 5.75 Å². The predicted molar refractivity (Wildman–Crippen MR) is 54.6 cm³/mol. The Hall–Kier alpha value is -1.68. The zero-order valence-corrected chi connectivity index (χ0v) is 7.99. The molecule has 0 bridgehead atoms. The molecule has 0 aromatic carbocycles. The van der Waals surface area contributed by atoms with Gasteiger partial charge in [-0.3, -0.25) is 9.78 Å². The molecule has 1 N–H and O–H groups in total. The summed E-state index contributed by atoms with van der Waals surface area (Å²) in [5.41, 5.74) is 1.66. The first kappa shape index (κ1) is 8.90. The van der Waals surface area contributed by atoms with Crippen LogP contribution in [-0.4, -0.2) is 16.4 Å². The van der Waals surface area contributed by atoms with Crippen molar-refractivity contribution >= 4 is 17.6 Å². The van der Waals surface area contributed by atoms with Crippen molar-refractivity contribution in [3.05, 3.63) is 34.7 Å². The van der Waals surface area contributed by atoms with Gasteiger partial charge in [0.1, 0.15) is 5.75 Å². The summed E-state index contributed by atoms with van der Waals surface area (Å²) in [6, 6.07) is 5.06. The molecule has 70 valence electrons. The molecular weight excluding hydrogens is 198 g/mol. The Morgan fingerprint density at radius 2 is 2.29 bits per heavy atom. The van der Waals surface area contributed by atoms with Crippen LogP contribution in [0.25, 0.3) is 11.3 Å². The predicted octanol–water partition coefficient (Wildman–Crippen LogP) is 2.33. The van der Waals surface area contributed by atoms with Crippen LogP contribution in [0.3, 0.4) is 0 Å². The molecule has 0 spiro atoms. The van der Waals surface area contributed by atoms with Gasteiger partial charge >= 0.3 is 0 Å². The van der Waals surface area contributed by atoms with Crippen molar-refractivity contribution in [2.45, 2.75) is 0 Å². The standard InChI is InChI=1S/C10H7NO2S/c12-5-9-3-7(6-14-9)10-2-1-8(13)4-11-10/h1-6,13H. The van der Waals surface area contributed by atoms with E-state index in [1.807, 2.05) is 5.38 Å². The molecule has 2 aromatic heterocycles. The number of thiophene rings is 1. The van der Waals surface area contributed by atoms with Gasteiger partial charge in [-0.05, 0) is 18.2 Å². The number of aromatic nitrogens is 1. The lowest BCUT2D eigenvalue weighted by molar-refractivity contribution is 0.112. The highest BCUT2D eigenvalue weighted by Gasteiger charge is 2.02. The largest absolute Gasteiger partial charge is 0.506 e. The van der Waals surface area contributed by atoms with Crippen LogP contribution in [0, 0.1) is 0 Å². The molecule has 0 fully saturated rings. The molecule has 3 nitrogen and oxygen atoms in total. The number of rotatable bonds is 2. The third kappa shape index (κ3) is 1.65. The van der Waals surface area contributed by atoms with Crippen LogP contribution in [-0.2, 0) is 0 Å².